The van der Waals surface area contributed by atoms with Crippen molar-refractivity contribution < 1.29 is 9.59 Å². The van der Waals surface area contributed by atoms with E-state index < -0.39 is 0 Å². The van der Waals surface area contributed by atoms with Crippen LogP contribution in [0, 0.1) is 5.92 Å². The number of carbonyl (C=O) groups is 2. The number of rotatable bonds is 3. The molecule has 92 valence electrons. The quantitative estimate of drug-likeness (QED) is 0.796. The van der Waals surface area contributed by atoms with E-state index in [1.54, 1.807) is 16.7 Å². The number of thioether (sulfide) groups is 1. The summed E-state index contributed by atoms with van der Waals surface area (Å²) in [5, 5.41) is 2.79. The summed E-state index contributed by atoms with van der Waals surface area (Å²) >= 11 is 1.65. The molecule has 0 bridgehead atoms. The number of nitrogens with zero attached hydrogens (tertiary/aromatic N) is 1. The van der Waals surface area contributed by atoms with Gasteiger partial charge in [-0.05, 0) is 20.1 Å². The summed E-state index contributed by atoms with van der Waals surface area (Å²) in [4.78, 5) is 25.2. The van der Waals surface area contributed by atoms with Crippen molar-refractivity contribution in [2.75, 3.05) is 25.1 Å². The van der Waals surface area contributed by atoms with E-state index >= 15 is 0 Å². The van der Waals surface area contributed by atoms with E-state index in [4.69, 9.17) is 0 Å². The fourth-order valence-corrected chi connectivity index (χ4v) is 2.43. The predicted octanol–water partition coefficient (Wildman–Crippen LogP) is 0.722. The van der Waals surface area contributed by atoms with Gasteiger partial charge in [-0.3, -0.25) is 9.59 Å². The third-order valence-electron chi connectivity index (χ3n) is 2.85. The smallest absolute Gasteiger partial charge is 0.239 e. The van der Waals surface area contributed by atoms with Gasteiger partial charge in [-0.15, -0.1) is 0 Å². The summed E-state index contributed by atoms with van der Waals surface area (Å²) in [6, 6.07) is 0. The van der Waals surface area contributed by atoms with Crippen LogP contribution in [0.4, 0.5) is 0 Å². The molecule has 0 aliphatic carbocycles. The topological polar surface area (TPSA) is 49.4 Å². The maximum absolute atomic E-state index is 12.2. The molecule has 5 heteroatoms. The van der Waals surface area contributed by atoms with E-state index in [-0.39, 0.29) is 29.8 Å². The van der Waals surface area contributed by atoms with Crippen LogP contribution in [0.5, 0.6) is 0 Å². The molecular formula is C11H20N2O2S. The van der Waals surface area contributed by atoms with Gasteiger partial charge in [0.2, 0.25) is 11.8 Å². The molecule has 1 aliphatic rings. The van der Waals surface area contributed by atoms with E-state index in [1.165, 1.54) is 0 Å². The van der Waals surface area contributed by atoms with Crippen molar-refractivity contribution in [2.45, 2.75) is 26.3 Å². The molecule has 0 saturated carbocycles. The molecule has 1 aliphatic heterocycles. The Labute approximate surface area is 101 Å². The summed E-state index contributed by atoms with van der Waals surface area (Å²) in [6.07, 6.45) is 1.98. The molecule has 0 spiro atoms. The van der Waals surface area contributed by atoms with Gasteiger partial charge in [0.05, 0.1) is 5.54 Å². The van der Waals surface area contributed by atoms with Crippen molar-refractivity contribution in [3.63, 3.8) is 0 Å². The van der Waals surface area contributed by atoms with Crippen molar-refractivity contribution >= 4 is 23.6 Å². The van der Waals surface area contributed by atoms with Gasteiger partial charge < -0.3 is 10.2 Å². The highest BCUT2D eigenvalue weighted by Crippen LogP contribution is 2.20. The second-order valence-corrected chi connectivity index (χ2v) is 5.78. The Kier molecular flexibility index (Phi) is 4.24. The summed E-state index contributed by atoms with van der Waals surface area (Å²) in [5.74, 6) is 0.783. The molecule has 0 aromatic carbocycles. The van der Waals surface area contributed by atoms with Gasteiger partial charge in [-0.25, -0.2) is 0 Å². The Morgan fingerprint density at radius 1 is 1.62 bits per heavy atom. The number of hydrogen-bond donors (Lipinski definition) is 1. The largest absolute Gasteiger partial charge is 0.352 e. The predicted molar refractivity (Wildman–Crippen MR) is 66.3 cm³/mol. The molecule has 1 N–H and O–H groups in total. The summed E-state index contributed by atoms with van der Waals surface area (Å²) < 4.78 is 0. The first kappa shape index (κ1) is 13.4. The SMILES string of the molecule is CSC[C@H](C)C(=O)N1CC(=O)NCC1(C)C. The Morgan fingerprint density at radius 2 is 2.25 bits per heavy atom. The molecule has 1 heterocycles. The molecule has 0 aromatic heterocycles. The number of piperazine rings is 1. The van der Waals surface area contributed by atoms with E-state index in [0.29, 0.717) is 6.54 Å². The van der Waals surface area contributed by atoms with Crippen LogP contribution in [0.25, 0.3) is 0 Å². The van der Waals surface area contributed by atoms with Crippen LogP contribution in [0.1, 0.15) is 20.8 Å². The monoisotopic (exact) mass is 244 g/mol. The third kappa shape index (κ3) is 2.90. The van der Waals surface area contributed by atoms with E-state index in [1.807, 2.05) is 27.0 Å². The maximum atomic E-state index is 12.2. The van der Waals surface area contributed by atoms with Crippen LogP contribution in [-0.4, -0.2) is 47.4 Å². The summed E-state index contributed by atoms with van der Waals surface area (Å²) in [5.41, 5.74) is -0.280. The highest BCUT2D eigenvalue weighted by molar-refractivity contribution is 7.98. The fourth-order valence-electron chi connectivity index (χ4n) is 1.79. The zero-order valence-corrected chi connectivity index (χ0v) is 11.2. The van der Waals surface area contributed by atoms with Gasteiger partial charge in [0, 0.05) is 18.2 Å². The fraction of sp³-hybridized carbons (Fsp3) is 0.818. The van der Waals surface area contributed by atoms with E-state index in [9.17, 15) is 9.59 Å². The molecule has 0 unspecified atom stereocenters. The third-order valence-corrected chi connectivity index (χ3v) is 3.69. The molecule has 1 atom stereocenters. The lowest BCUT2D eigenvalue weighted by atomic mass is 9.98. The average Bonchev–Trinajstić information content (AvgIpc) is 2.21. The van der Waals surface area contributed by atoms with Crippen molar-refractivity contribution in [2.24, 2.45) is 5.92 Å². The minimum Gasteiger partial charge on any atom is -0.352 e. The van der Waals surface area contributed by atoms with Crippen LogP contribution in [0.2, 0.25) is 0 Å². The molecule has 1 saturated heterocycles. The number of carbonyl (C=O) groups excluding carboxylic acids is 2. The zero-order chi connectivity index (χ0) is 12.3. The first-order valence-corrected chi connectivity index (χ1v) is 6.85. The minimum atomic E-state index is -0.280. The highest BCUT2D eigenvalue weighted by Gasteiger charge is 2.37. The molecule has 1 rings (SSSR count). The second kappa shape index (κ2) is 5.08. The Bertz CT molecular complexity index is 292. The van der Waals surface area contributed by atoms with Gasteiger partial charge in [0.15, 0.2) is 0 Å². The van der Waals surface area contributed by atoms with E-state index in [0.717, 1.165) is 5.75 Å². The van der Waals surface area contributed by atoms with Gasteiger partial charge >= 0.3 is 0 Å². The summed E-state index contributed by atoms with van der Waals surface area (Å²) in [6.45, 7) is 6.60. The van der Waals surface area contributed by atoms with Crippen LogP contribution in [0.3, 0.4) is 0 Å². The number of amides is 2. The van der Waals surface area contributed by atoms with Crippen LogP contribution in [0.15, 0.2) is 0 Å². The minimum absolute atomic E-state index is 0.0276. The zero-order valence-electron chi connectivity index (χ0n) is 10.4. The molecule has 16 heavy (non-hydrogen) atoms. The average molecular weight is 244 g/mol. The van der Waals surface area contributed by atoms with Crippen molar-refractivity contribution in [1.82, 2.24) is 10.2 Å². The van der Waals surface area contributed by atoms with Crippen molar-refractivity contribution in [3.05, 3.63) is 0 Å². The van der Waals surface area contributed by atoms with Gasteiger partial charge in [-0.2, -0.15) is 11.8 Å². The maximum Gasteiger partial charge on any atom is 0.239 e. The number of hydrogen-bond acceptors (Lipinski definition) is 3. The first-order valence-electron chi connectivity index (χ1n) is 5.45. The summed E-state index contributed by atoms with van der Waals surface area (Å²) in [7, 11) is 0. The molecule has 0 aromatic rings. The first-order chi connectivity index (χ1) is 7.38. The Morgan fingerprint density at radius 3 is 2.81 bits per heavy atom. The number of nitrogens with one attached hydrogen (secondary N) is 1. The Hall–Kier alpha value is -0.710. The van der Waals surface area contributed by atoms with Crippen LogP contribution < -0.4 is 5.32 Å². The molecule has 1 fully saturated rings. The molecule has 4 nitrogen and oxygen atoms in total. The van der Waals surface area contributed by atoms with Gasteiger partial charge in [0.1, 0.15) is 6.54 Å². The molecular weight excluding hydrogens is 224 g/mol. The lowest BCUT2D eigenvalue weighted by molar-refractivity contribution is -0.147. The van der Waals surface area contributed by atoms with Gasteiger partial charge in [0.25, 0.3) is 0 Å². The standard InChI is InChI=1S/C11H20N2O2S/c1-8(6-16-4)10(15)13-5-9(14)12-7-11(13,2)3/h8H,5-7H2,1-4H3,(H,12,14)/t8-/m0/s1. The van der Waals surface area contributed by atoms with Crippen LogP contribution in [-0.2, 0) is 9.59 Å². The van der Waals surface area contributed by atoms with Crippen molar-refractivity contribution in [1.29, 1.82) is 0 Å². The normalized spacial score (nSPS) is 21.5. The lowest BCUT2D eigenvalue weighted by Crippen LogP contribution is -2.63. The highest BCUT2D eigenvalue weighted by atomic mass is 32.2. The second-order valence-electron chi connectivity index (χ2n) is 4.87. The van der Waals surface area contributed by atoms with E-state index in [2.05, 4.69) is 5.32 Å². The van der Waals surface area contributed by atoms with Crippen molar-refractivity contribution in [3.8, 4) is 0 Å². The lowest BCUT2D eigenvalue weighted by Gasteiger charge is -2.43. The van der Waals surface area contributed by atoms with Crippen LogP contribution >= 0.6 is 11.8 Å². The molecule has 0 radical (unpaired) electrons. The Balaban J connectivity index is 2.75. The van der Waals surface area contributed by atoms with Gasteiger partial charge in [-0.1, -0.05) is 6.92 Å². The molecule has 2 amide bonds.